The molecule has 0 aromatic heterocycles. The molecule has 0 fully saturated rings. The molecule has 1 rings (SSSR count). The molecule has 2 N–H and O–H groups in total. The Hall–Kier alpha value is -2.17. The maximum atomic E-state index is 11.6. The Labute approximate surface area is 100 Å². The summed E-state index contributed by atoms with van der Waals surface area (Å²) in [6.45, 7) is 3.91. The standard InChI is InChI=1S/C12H16N2O3/c1-4-7-14(12(15)17-3)11-6-5-9(16-2)8-10(11)13/h4-6,8H,1,7,13H2,2-3H3. The van der Waals surface area contributed by atoms with E-state index in [2.05, 4.69) is 11.3 Å². The second-order valence-corrected chi connectivity index (χ2v) is 3.29. The number of amides is 1. The Balaban J connectivity index is 3.09. The van der Waals surface area contributed by atoms with E-state index in [1.807, 2.05) is 0 Å². The minimum Gasteiger partial charge on any atom is -0.497 e. The molecule has 0 saturated heterocycles. The summed E-state index contributed by atoms with van der Waals surface area (Å²) >= 11 is 0. The SMILES string of the molecule is C=CCN(C(=O)OC)c1ccc(OC)cc1N. The van der Waals surface area contributed by atoms with Crippen LogP contribution in [0.3, 0.4) is 0 Å². The Morgan fingerprint density at radius 2 is 2.24 bits per heavy atom. The third kappa shape index (κ3) is 2.90. The van der Waals surface area contributed by atoms with Gasteiger partial charge in [0, 0.05) is 12.6 Å². The van der Waals surface area contributed by atoms with Gasteiger partial charge in [-0.05, 0) is 12.1 Å². The van der Waals surface area contributed by atoms with Gasteiger partial charge in [-0.15, -0.1) is 6.58 Å². The highest BCUT2D eigenvalue weighted by Gasteiger charge is 2.17. The van der Waals surface area contributed by atoms with Crippen LogP contribution >= 0.6 is 0 Å². The Kier molecular flexibility index (Phi) is 4.39. The van der Waals surface area contributed by atoms with Crippen LogP contribution in [0.2, 0.25) is 0 Å². The van der Waals surface area contributed by atoms with Gasteiger partial charge in [-0.3, -0.25) is 4.90 Å². The Morgan fingerprint density at radius 1 is 1.53 bits per heavy atom. The molecular weight excluding hydrogens is 220 g/mol. The van der Waals surface area contributed by atoms with Gasteiger partial charge in [0.05, 0.1) is 25.6 Å². The van der Waals surface area contributed by atoms with Crippen molar-refractivity contribution >= 4 is 17.5 Å². The lowest BCUT2D eigenvalue weighted by Crippen LogP contribution is -2.31. The normalized spacial score (nSPS) is 9.53. The summed E-state index contributed by atoms with van der Waals surface area (Å²) in [4.78, 5) is 13.0. The Morgan fingerprint density at radius 3 is 2.71 bits per heavy atom. The summed E-state index contributed by atoms with van der Waals surface area (Å²) < 4.78 is 9.72. The van der Waals surface area contributed by atoms with E-state index in [1.165, 1.54) is 12.0 Å². The fraction of sp³-hybridized carbons (Fsp3) is 0.250. The van der Waals surface area contributed by atoms with Gasteiger partial charge in [0.2, 0.25) is 0 Å². The fourth-order valence-corrected chi connectivity index (χ4v) is 1.42. The van der Waals surface area contributed by atoms with Gasteiger partial charge in [0.15, 0.2) is 0 Å². The van der Waals surface area contributed by atoms with Crippen molar-refractivity contribution in [3.63, 3.8) is 0 Å². The molecule has 17 heavy (non-hydrogen) atoms. The molecule has 0 aliphatic carbocycles. The maximum absolute atomic E-state index is 11.6. The number of ether oxygens (including phenoxy) is 2. The molecule has 0 atom stereocenters. The number of nitrogen functional groups attached to an aromatic ring is 1. The van der Waals surface area contributed by atoms with Crippen LogP contribution in [0.1, 0.15) is 0 Å². The van der Waals surface area contributed by atoms with Gasteiger partial charge in [0.1, 0.15) is 5.75 Å². The number of carbonyl (C=O) groups excluding carboxylic acids is 1. The molecule has 1 aromatic carbocycles. The van der Waals surface area contributed by atoms with Gasteiger partial charge >= 0.3 is 6.09 Å². The molecule has 0 aliphatic rings. The topological polar surface area (TPSA) is 64.8 Å². The molecule has 0 saturated carbocycles. The van der Waals surface area contributed by atoms with E-state index >= 15 is 0 Å². The average Bonchev–Trinajstić information content (AvgIpc) is 2.35. The summed E-state index contributed by atoms with van der Waals surface area (Å²) in [7, 11) is 2.87. The molecule has 0 aliphatic heterocycles. The third-order valence-electron chi connectivity index (χ3n) is 2.23. The van der Waals surface area contributed by atoms with Crippen LogP contribution in [0.25, 0.3) is 0 Å². The number of anilines is 2. The molecule has 1 aromatic rings. The monoisotopic (exact) mass is 236 g/mol. The predicted molar refractivity (Wildman–Crippen MR) is 67.4 cm³/mol. The fourth-order valence-electron chi connectivity index (χ4n) is 1.42. The van der Waals surface area contributed by atoms with E-state index in [4.69, 9.17) is 10.5 Å². The van der Waals surface area contributed by atoms with Crippen LogP contribution < -0.4 is 15.4 Å². The first-order chi connectivity index (χ1) is 8.13. The molecule has 0 heterocycles. The largest absolute Gasteiger partial charge is 0.497 e. The Bertz CT molecular complexity index is 418. The molecule has 5 nitrogen and oxygen atoms in total. The van der Waals surface area contributed by atoms with Crippen LogP contribution in [0.15, 0.2) is 30.9 Å². The van der Waals surface area contributed by atoms with Crippen molar-refractivity contribution in [2.24, 2.45) is 0 Å². The minimum absolute atomic E-state index is 0.323. The van der Waals surface area contributed by atoms with Crippen molar-refractivity contribution in [2.45, 2.75) is 0 Å². The first kappa shape index (κ1) is 12.9. The number of nitrogens with zero attached hydrogens (tertiary/aromatic N) is 1. The van der Waals surface area contributed by atoms with E-state index in [9.17, 15) is 4.79 Å². The van der Waals surface area contributed by atoms with E-state index in [-0.39, 0.29) is 0 Å². The number of carbonyl (C=O) groups is 1. The molecule has 0 radical (unpaired) electrons. The summed E-state index contributed by atoms with van der Waals surface area (Å²) in [5.41, 5.74) is 6.87. The molecule has 1 amide bonds. The lowest BCUT2D eigenvalue weighted by atomic mass is 10.2. The second kappa shape index (κ2) is 5.79. The smallest absolute Gasteiger partial charge is 0.414 e. The van der Waals surface area contributed by atoms with Gasteiger partial charge in [-0.25, -0.2) is 4.79 Å². The van der Waals surface area contributed by atoms with Crippen LogP contribution in [0.4, 0.5) is 16.2 Å². The van der Waals surface area contributed by atoms with E-state index in [0.29, 0.717) is 23.7 Å². The van der Waals surface area contributed by atoms with Gasteiger partial charge in [0.25, 0.3) is 0 Å². The number of hydrogen-bond donors (Lipinski definition) is 1. The summed E-state index contributed by atoms with van der Waals surface area (Å²) in [5, 5.41) is 0. The van der Waals surface area contributed by atoms with Crippen molar-refractivity contribution in [1.82, 2.24) is 0 Å². The van der Waals surface area contributed by atoms with Crippen molar-refractivity contribution in [3.05, 3.63) is 30.9 Å². The zero-order valence-electron chi connectivity index (χ0n) is 9.97. The lowest BCUT2D eigenvalue weighted by Gasteiger charge is -2.21. The van der Waals surface area contributed by atoms with Crippen molar-refractivity contribution < 1.29 is 14.3 Å². The zero-order chi connectivity index (χ0) is 12.8. The molecular formula is C12H16N2O3. The number of hydrogen-bond acceptors (Lipinski definition) is 4. The van der Waals surface area contributed by atoms with Crippen LogP contribution in [-0.4, -0.2) is 26.9 Å². The molecule has 0 bridgehead atoms. The van der Waals surface area contributed by atoms with Crippen molar-refractivity contribution in [3.8, 4) is 5.75 Å². The zero-order valence-corrected chi connectivity index (χ0v) is 9.97. The highest BCUT2D eigenvalue weighted by molar-refractivity contribution is 5.92. The number of nitrogens with two attached hydrogens (primary N) is 1. The van der Waals surface area contributed by atoms with Crippen LogP contribution in [-0.2, 0) is 4.74 Å². The van der Waals surface area contributed by atoms with Crippen molar-refractivity contribution in [1.29, 1.82) is 0 Å². The third-order valence-corrected chi connectivity index (χ3v) is 2.23. The molecule has 0 unspecified atom stereocenters. The average molecular weight is 236 g/mol. The van der Waals surface area contributed by atoms with E-state index < -0.39 is 6.09 Å². The van der Waals surface area contributed by atoms with Crippen LogP contribution in [0.5, 0.6) is 5.75 Å². The van der Waals surface area contributed by atoms with Crippen molar-refractivity contribution in [2.75, 3.05) is 31.4 Å². The van der Waals surface area contributed by atoms with Gasteiger partial charge < -0.3 is 15.2 Å². The van der Waals surface area contributed by atoms with E-state index in [0.717, 1.165) is 0 Å². The summed E-state index contributed by atoms with van der Waals surface area (Å²) in [6.07, 6.45) is 1.11. The molecule has 0 spiro atoms. The maximum Gasteiger partial charge on any atom is 0.414 e. The number of rotatable bonds is 4. The number of methoxy groups -OCH3 is 2. The predicted octanol–water partition coefficient (Wildman–Crippen LogP) is 2.04. The number of benzene rings is 1. The highest BCUT2D eigenvalue weighted by Crippen LogP contribution is 2.28. The first-order valence-corrected chi connectivity index (χ1v) is 5.04. The minimum atomic E-state index is -0.484. The van der Waals surface area contributed by atoms with Gasteiger partial charge in [-0.1, -0.05) is 6.08 Å². The quantitative estimate of drug-likeness (QED) is 0.641. The lowest BCUT2D eigenvalue weighted by molar-refractivity contribution is 0.179. The van der Waals surface area contributed by atoms with Crippen LogP contribution in [0, 0.1) is 0 Å². The second-order valence-electron chi connectivity index (χ2n) is 3.29. The first-order valence-electron chi connectivity index (χ1n) is 5.04. The van der Waals surface area contributed by atoms with Gasteiger partial charge in [-0.2, -0.15) is 0 Å². The molecule has 92 valence electrons. The highest BCUT2D eigenvalue weighted by atomic mass is 16.5. The van der Waals surface area contributed by atoms with E-state index in [1.54, 1.807) is 31.4 Å². The molecule has 5 heteroatoms. The summed E-state index contributed by atoms with van der Waals surface area (Å²) in [5.74, 6) is 0.634. The summed E-state index contributed by atoms with van der Waals surface area (Å²) in [6, 6.07) is 5.08.